The number of hydrogen-bond donors (Lipinski definition) is 1. The van der Waals surface area contributed by atoms with Crippen LogP contribution in [0.15, 0.2) is 42.5 Å². The van der Waals surface area contributed by atoms with Crippen molar-refractivity contribution in [1.29, 1.82) is 0 Å². The molecule has 1 atom stereocenters. The summed E-state index contributed by atoms with van der Waals surface area (Å²) in [6.45, 7) is 6.54. The van der Waals surface area contributed by atoms with E-state index in [9.17, 15) is 0 Å². The first-order valence-corrected chi connectivity index (χ1v) is 7.58. The lowest BCUT2D eigenvalue weighted by Gasteiger charge is -2.26. The van der Waals surface area contributed by atoms with E-state index in [0.29, 0.717) is 5.92 Å². The zero-order valence-electron chi connectivity index (χ0n) is 12.4. The molecule has 1 nitrogen and oxygen atoms in total. The quantitative estimate of drug-likeness (QED) is 0.880. The minimum Gasteiger partial charge on any atom is -0.312 e. The van der Waals surface area contributed by atoms with Gasteiger partial charge in [0.1, 0.15) is 0 Å². The lowest BCUT2D eigenvalue weighted by atomic mass is 9.86. The van der Waals surface area contributed by atoms with Gasteiger partial charge in [0.15, 0.2) is 0 Å². The van der Waals surface area contributed by atoms with E-state index in [1.165, 1.54) is 35.1 Å². The minimum absolute atomic E-state index is 0.653. The van der Waals surface area contributed by atoms with Gasteiger partial charge in [0.05, 0.1) is 0 Å². The van der Waals surface area contributed by atoms with Gasteiger partial charge in [-0.25, -0.2) is 0 Å². The second kappa shape index (κ2) is 5.80. The van der Waals surface area contributed by atoms with Gasteiger partial charge in [0.2, 0.25) is 0 Å². The van der Waals surface area contributed by atoms with Gasteiger partial charge in [0.25, 0.3) is 0 Å². The Balaban J connectivity index is 1.75. The number of fused-ring (bicyclic) bond motifs is 1. The van der Waals surface area contributed by atoms with Crippen molar-refractivity contribution in [2.24, 2.45) is 0 Å². The Hall–Kier alpha value is -1.60. The molecule has 20 heavy (non-hydrogen) atoms. The molecular formula is C19H23N. The first-order chi connectivity index (χ1) is 9.74. The Kier molecular flexibility index (Phi) is 3.88. The molecule has 1 aliphatic rings. The van der Waals surface area contributed by atoms with E-state index in [0.717, 1.165) is 13.1 Å². The number of nitrogens with one attached hydrogen (secondary N) is 1. The van der Waals surface area contributed by atoms with Crippen LogP contribution in [0.1, 0.15) is 40.2 Å². The SMILES string of the molecule is Cc1ccc(C)c(CCC2CNCc3ccccc32)c1. The van der Waals surface area contributed by atoms with Gasteiger partial charge in [-0.3, -0.25) is 0 Å². The summed E-state index contributed by atoms with van der Waals surface area (Å²) in [6.07, 6.45) is 2.41. The summed E-state index contributed by atoms with van der Waals surface area (Å²) in [6, 6.07) is 15.7. The lowest BCUT2D eigenvalue weighted by molar-refractivity contribution is 0.513. The van der Waals surface area contributed by atoms with Crippen molar-refractivity contribution >= 4 is 0 Å². The Morgan fingerprint density at radius 2 is 1.95 bits per heavy atom. The molecule has 0 radical (unpaired) electrons. The van der Waals surface area contributed by atoms with Crippen molar-refractivity contribution in [2.75, 3.05) is 6.54 Å². The Bertz CT molecular complexity index is 600. The number of rotatable bonds is 3. The van der Waals surface area contributed by atoms with Crippen LogP contribution in [0, 0.1) is 13.8 Å². The van der Waals surface area contributed by atoms with Crippen LogP contribution in [0.2, 0.25) is 0 Å². The van der Waals surface area contributed by atoms with E-state index in [2.05, 4.69) is 61.6 Å². The average molecular weight is 265 g/mol. The lowest BCUT2D eigenvalue weighted by Crippen LogP contribution is -2.28. The van der Waals surface area contributed by atoms with E-state index in [-0.39, 0.29) is 0 Å². The zero-order valence-corrected chi connectivity index (χ0v) is 12.4. The molecule has 0 aromatic heterocycles. The van der Waals surface area contributed by atoms with Crippen molar-refractivity contribution in [3.05, 3.63) is 70.3 Å². The smallest absolute Gasteiger partial charge is 0.0208 e. The van der Waals surface area contributed by atoms with Gasteiger partial charge < -0.3 is 5.32 Å². The fourth-order valence-corrected chi connectivity index (χ4v) is 3.24. The molecule has 0 bridgehead atoms. The highest BCUT2D eigenvalue weighted by Crippen LogP contribution is 2.28. The number of aryl methyl sites for hydroxylation is 3. The van der Waals surface area contributed by atoms with Gasteiger partial charge in [-0.15, -0.1) is 0 Å². The van der Waals surface area contributed by atoms with Crippen LogP contribution in [0.4, 0.5) is 0 Å². The highest BCUT2D eigenvalue weighted by molar-refractivity contribution is 5.34. The molecule has 2 aromatic rings. The standard InChI is InChI=1S/C19H23N/c1-14-7-8-15(2)16(11-14)9-10-18-13-20-12-17-5-3-4-6-19(17)18/h3-8,11,18,20H,9-10,12-13H2,1-2H3. The highest BCUT2D eigenvalue weighted by Gasteiger charge is 2.19. The summed E-state index contributed by atoms with van der Waals surface area (Å²) in [7, 11) is 0. The Morgan fingerprint density at radius 3 is 2.85 bits per heavy atom. The third-order valence-electron chi connectivity index (χ3n) is 4.47. The van der Waals surface area contributed by atoms with Gasteiger partial charge in [-0.2, -0.15) is 0 Å². The molecule has 1 heterocycles. The molecule has 0 spiro atoms. The largest absolute Gasteiger partial charge is 0.312 e. The van der Waals surface area contributed by atoms with E-state index >= 15 is 0 Å². The molecule has 1 aliphatic heterocycles. The van der Waals surface area contributed by atoms with Crippen LogP contribution in [0.3, 0.4) is 0 Å². The van der Waals surface area contributed by atoms with Gasteiger partial charge >= 0.3 is 0 Å². The topological polar surface area (TPSA) is 12.0 Å². The number of hydrogen-bond acceptors (Lipinski definition) is 1. The summed E-state index contributed by atoms with van der Waals surface area (Å²) in [5.74, 6) is 0.653. The van der Waals surface area contributed by atoms with Crippen LogP contribution < -0.4 is 5.32 Å². The maximum absolute atomic E-state index is 3.55. The molecule has 0 aliphatic carbocycles. The van der Waals surface area contributed by atoms with Crippen molar-refractivity contribution in [1.82, 2.24) is 5.32 Å². The van der Waals surface area contributed by atoms with Crippen molar-refractivity contribution < 1.29 is 0 Å². The summed E-state index contributed by atoms with van der Waals surface area (Å²) < 4.78 is 0. The monoisotopic (exact) mass is 265 g/mol. The molecule has 0 fully saturated rings. The summed E-state index contributed by atoms with van der Waals surface area (Å²) in [5, 5.41) is 3.55. The van der Waals surface area contributed by atoms with Crippen LogP contribution in [-0.2, 0) is 13.0 Å². The van der Waals surface area contributed by atoms with E-state index in [1.807, 2.05) is 0 Å². The first kappa shape index (κ1) is 13.4. The zero-order chi connectivity index (χ0) is 13.9. The molecule has 1 heteroatoms. The van der Waals surface area contributed by atoms with Crippen LogP contribution in [0.5, 0.6) is 0 Å². The second-order valence-electron chi connectivity index (χ2n) is 6.00. The fraction of sp³-hybridized carbons (Fsp3) is 0.368. The Labute approximate surface area is 122 Å². The third-order valence-corrected chi connectivity index (χ3v) is 4.47. The van der Waals surface area contributed by atoms with Crippen molar-refractivity contribution in [3.63, 3.8) is 0 Å². The number of benzene rings is 2. The molecule has 0 saturated heterocycles. The normalized spacial score (nSPS) is 17.8. The van der Waals surface area contributed by atoms with Crippen molar-refractivity contribution in [3.8, 4) is 0 Å². The summed E-state index contributed by atoms with van der Waals surface area (Å²) in [4.78, 5) is 0. The molecule has 1 unspecified atom stereocenters. The minimum atomic E-state index is 0.653. The summed E-state index contributed by atoms with van der Waals surface area (Å²) >= 11 is 0. The predicted octanol–water partition coefficient (Wildman–Crippen LogP) is 4.12. The van der Waals surface area contributed by atoms with Gasteiger partial charge in [-0.1, -0.05) is 48.0 Å². The van der Waals surface area contributed by atoms with Gasteiger partial charge in [0, 0.05) is 13.1 Å². The van der Waals surface area contributed by atoms with Crippen LogP contribution in [-0.4, -0.2) is 6.54 Å². The average Bonchev–Trinajstić information content (AvgIpc) is 2.48. The van der Waals surface area contributed by atoms with E-state index in [1.54, 1.807) is 5.56 Å². The van der Waals surface area contributed by atoms with Crippen molar-refractivity contribution in [2.45, 2.75) is 39.2 Å². The molecule has 0 saturated carbocycles. The molecular weight excluding hydrogens is 242 g/mol. The molecule has 3 rings (SSSR count). The third kappa shape index (κ3) is 2.78. The van der Waals surface area contributed by atoms with E-state index < -0.39 is 0 Å². The fourth-order valence-electron chi connectivity index (χ4n) is 3.24. The van der Waals surface area contributed by atoms with Gasteiger partial charge in [-0.05, 0) is 54.9 Å². The van der Waals surface area contributed by atoms with Crippen LogP contribution in [0.25, 0.3) is 0 Å². The maximum Gasteiger partial charge on any atom is 0.0208 e. The molecule has 0 amide bonds. The second-order valence-corrected chi connectivity index (χ2v) is 6.00. The van der Waals surface area contributed by atoms with Crippen LogP contribution >= 0.6 is 0 Å². The predicted molar refractivity (Wildman–Crippen MR) is 85.1 cm³/mol. The Morgan fingerprint density at radius 1 is 1.10 bits per heavy atom. The molecule has 2 aromatic carbocycles. The summed E-state index contributed by atoms with van der Waals surface area (Å²) in [5.41, 5.74) is 7.33. The molecule has 1 N–H and O–H groups in total. The highest BCUT2D eigenvalue weighted by atomic mass is 14.9. The molecule has 104 valence electrons. The first-order valence-electron chi connectivity index (χ1n) is 7.58. The maximum atomic E-state index is 3.55. The van der Waals surface area contributed by atoms with E-state index in [4.69, 9.17) is 0 Å².